The Morgan fingerprint density at radius 3 is 1.09 bits per heavy atom. The highest BCUT2D eigenvalue weighted by Gasteiger charge is 2.17. The number of amides is 3. The Balaban J connectivity index is 0.000000178. The predicted octanol–water partition coefficient (Wildman–Crippen LogP) is 17.5. The number of pyridine rings is 3. The van der Waals surface area contributed by atoms with Crippen LogP contribution in [0.5, 0.6) is 0 Å². The average molecular weight is 1460 g/mol. The van der Waals surface area contributed by atoms with Gasteiger partial charge in [-0.05, 0) is 252 Å². The van der Waals surface area contributed by atoms with Crippen molar-refractivity contribution in [3.8, 4) is 50.8 Å². The smallest absolute Gasteiger partial charge is 0.255 e. The third-order valence-electron chi connectivity index (χ3n) is 14.8. The molecule has 0 aliphatic rings. The summed E-state index contributed by atoms with van der Waals surface area (Å²) < 4.78 is 274. The molecule has 0 spiro atoms. The quantitative estimate of drug-likeness (QED) is 0.0466. The fourth-order valence-corrected chi connectivity index (χ4v) is 9.79. The molecule has 23 heteroatoms. The van der Waals surface area contributed by atoms with Gasteiger partial charge in [-0.15, -0.1) is 0 Å². The second kappa shape index (κ2) is 32.9. The van der Waals surface area contributed by atoms with Crippen LogP contribution in [0.1, 0.15) is 127 Å². The first-order valence-corrected chi connectivity index (χ1v) is 32.1. The van der Waals surface area contributed by atoms with E-state index in [1.54, 1.807) is 26.0 Å². The zero-order valence-electron chi connectivity index (χ0n) is 90.7. The van der Waals surface area contributed by atoms with E-state index in [9.17, 15) is 14.4 Å². The minimum absolute atomic E-state index is 0.00237. The lowest BCUT2D eigenvalue weighted by Crippen LogP contribution is -2.13. The molecule has 0 aliphatic carbocycles. The normalized spacial score (nSPS) is 15.3. The summed E-state index contributed by atoms with van der Waals surface area (Å²) >= 11 is 0. The molecule has 15 aromatic rings. The minimum Gasteiger partial charge on any atom is -0.324 e. The van der Waals surface area contributed by atoms with E-state index in [1.807, 2.05) is 0 Å². The van der Waals surface area contributed by atoms with Gasteiger partial charge in [0.15, 0.2) is 0 Å². The fraction of sp³-hybridized carbons (Fsp3) is 0.106. The fourth-order valence-electron chi connectivity index (χ4n) is 9.79. The average Bonchev–Trinajstić information content (AvgIpc) is 1.71. The highest BCUT2D eigenvalue weighted by Crippen LogP contribution is 2.30. The van der Waals surface area contributed by atoms with Crippen molar-refractivity contribution in [1.29, 1.82) is 0 Å². The Bertz CT molecular complexity index is 7400. The molecule has 0 unspecified atom stereocenters. The number of aromatic nitrogens is 14. The molecule has 0 atom stereocenters. The van der Waals surface area contributed by atoms with Crippen molar-refractivity contribution in [2.24, 2.45) is 0 Å². The topological polar surface area (TPSA) is 280 Å². The summed E-state index contributed by atoms with van der Waals surface area (Å²) in [5.74, 6) is -2.65. The monoisotopic (exact) mass is 1460 g/mol. The van der Waals surface area contributed by atoms with Gasteiger partial charge < -0.3 is 45.6 Å². The summed E-state index contributed by atoms with van der Waals surface area (Å²) in [4.78, 5) is 84.6. The highest BCUT2D eigenvalue weighted by atomic mass is 16.2. The van der Waals surface area contributed by atoms with Crippen LogP contribution < -0.4 is 31.9 Å². The summed E-state index contributed by atoms with van der Waals surface area (Å²) in [6, 6.07) is 11.7. The number of benzene rings is 6. The first-order chi connectivity index (χ1) is 66.0. The van der Waals surface area contributed by atoms with Gasteiger partial charge in [-0.25, -0.2) is 39.9 Å². The summed E-state index contributed by atoms with van der Waals surface area (Å²) in [6.45, 7) is 5.43. The number of imidazole rings is 2. The Morgan fingerprint density at radius 2 is 0.750 bits per heavy atom. The molecule has 9 heterocycles. The maximum Gasteiger partial charge on any atom is 0.255 e. The lowest BCUT2D eigenvalue weighted by Gasteiger charge is -2.13. The lowest BCUT2D eigenvalue weighted by atomic mass is 10.1. The molecule has 108 heavy (non-hydrogen) atoms. The van der Waals surface area contributed by atoms with E-state index in [0.717, 1.165) is 13.7 Å². The Hall–Kier alpha value is -14.5. The first kappa shape index (κ1) is 41.7. The van der Waals surface area contributed by atoms with Crippen LogP contribution in [0, 0.1) is 62.2 Å². The zero-order valence-corrected chi connectivity index (χ0v) is 57.7. The Labute approximate surface area is 670 Å². The Morgan fingerprint density at radius 1 is 0.389 bits per heavy atom. The van der Waals surface area contributed by atoms with Gasteiger partial charge >= 0.3 is 0 Å². The Kier molecular flexibility index (Phi) is 12.7. The van der Waals surface area contributed by atoms with Crippen LogP contribution in [0.15, 0.2) is 262 Å². The van der Waals surface area contributed by atoms with E-state index in [1.165, 1.54) is 120 Å². The molecule has 0 saturated heterocycles. The molecule has 15 rings (SSSR count). The zero-order chi connectivity index (χ0) is 104. The van der Waals surface area contributed by atoms with E-state index in [4.69, 9.17) is 45.2 Å². The number of carbonyl (C=O) groups is 3. The lowest BCUT2D eigenvalue weighted by molar-refractivity contribution is 0.101. The van der Waals surface area contributed by atoms with E-state index in [0.29, 0.717) is 16.8 Å². The predicted molar refractivity (Wildman–Crippen MR) is 424 cm³/mol. The van der Waals surface area contributed by atoms with Gasteiger partial charge in [0.25, 0.3) is 17.7 Å². The van der Waals surface area contributed by atoms with Crippen molar-refractivity contribution < 1.29 is 59.6 Å². The summed E-state index contributed by atoms with van der Waals surface area (Å²) in [6.07, 6.45) is -0.396. The van der Waals surface area contributed by atoms with Crippen molar-refractivity contribution >= 4 is 69.7 Å². The molecule has 3 amide bonds. The van der Waals surface area contributed by atoms with Crippen molar-refractivity contribution in [2.75, 3.05) is 31.9 Å². The number of rotatable bonds is 18. The van der Waals surface area contributed by atoms with Crippen LogP contribution in [0.4, 0.5) is 52.0 Å². The highest BCUT2D eigenvalue weighted by molar-refractivity contribution is 6.07. The van der Waals surface area contributed by atoms with Crippen LogP contribution in [-0.2, 0) is 0 Å². The number of aryl methyl sites for hydroxylation is 6. The van der Waals surface area contributed by atoms with Crippen molar-refractivity contribution in [2.45, 2.75) is 62.2 Å². The molecule has 0 bridgehead atoms. The third-order valence-corrected chi connectivity index (χ3v) is 14.8. The molecule has 6 aromatic carbocycles. The molecule has 23 nitrogen and oxygen atoms in total. The second-order valence-electron chi connectivity index (χ2n) is 23.0. The van der Waals surface area contributed by atoms with Crippen molar-refractivity contribution in [3.63, 3.8) is 0 Å². The van der Waals surface area contributed by atoms with Crippen LogP contribution in [0.25, 0.3) is 50.8 Å². The van der Waals surface area contributed by atoms with Crippen LogP contribution in [0.3, 0.4) is 0 Å². The van der Waals surface area contributed by atoms with E-state index in [-0.39, 0.29) is 232 Å². The van der Waals surface area contributed by atoms with E-state index in [2.05, 4.69) is 86.7 Å². The molecule has 9 aromatic heterocycles. The molecule has 0 radical (unpaired) electrons. The standard InChI is InChI=1S/C29H26N6O.2C28H25N7O/c1-19-9-12-35(18-19)25-14-20(2)13-24(16-25)32-28(36)22-7-6-21(3)27(15-22)34-29-31-11-8-26(33-29)23-5-4-10-30-17-23;2*1-18-11-23(14-24(12-18)35-16-20(3)31-17-35)32-27(36)21-7-6-19(2)26(13-21)34-28-30-10-8-25(33-28)22-5-4-9-29-15-22/h4-18H,1-3H3,(H,32,36)(H,31,33,34);2*4-17H,1-3H3,(H,32,36)(H,30,33,34)/i3D3,4D,5D,10D,12D,13D,14D,16D,17D,18D;2D3,4D,5D,9D,11D,12D,14D,15D,16D,17D;4D,5D,9D,11D,12D,14D,15D,16D,17D. The second-order valence-corrected chi connectivity index (χ2v) is 23.0. The van der Waals surface area contributed by atoms with Gasteiger partial charge in [-0.1, -0.05) is 18.2 Å². The molecular formula is C85H76N20O3. The van der Waals surface area contributed by atoms with Crippen molar-refractivity contribution in [3.05, 3.63) is 329 Å². The first-order valence-electron chi connectivity index (χ1n) is 48.6. The van der Waals surface area contributed by atoms with Gasteiger partial charge in [-0.2, -0.15) is 0 Å². The van der Waals surface area contributed by atoms with Gasteiger partial charge in [0.2, 0.25) is 17.8 Å². The molecular weight excluding hydrogens is 1350 g/mol. The molecule has 0 fully saturated rings. The third kappa shape index (κ3) is 18.5. The molecule has 534 valence electrons. The number of hydrogen-bond acceptors (Lipinski definition) is 17. The summed E-state index contributed by atoms with van der Waals surface area (Å²) in [5, 5.41) is 16.1. The van der Waals surface area contributed by atoms with E-state index >= 15 is 0 Å². The number of nitrogens with zero attached hydrogens (tertiary/aromatic N) is 14. The number of carbonyl (C=O) groups excluding carboxylic acids is 3. The number of hydrogen-bond donors (Lipinski definition) is 6. The van der Waals surface area contributed by atoms with Gasteiger partial charge in [0.1, 0.15) is 2.74 Å². The number of nitrogens with one attached hydrogen (secondary N) is 6. The van der Waals surface area contributed by atoms with Crippen molar-refractivity contribution in [1.82, 2.24) is 68.5 Å². The molecule has 0 aliphatic heterocycles. The van der Waals surface area contributed by atoms with Gasteiger partial charge in [0, 0.05) is 173 Å². The molecule has 0 saturated carbocycles. The van der Waals surface area contributed by atoms with Gasteiger partial charge in [-0.3, -0.25) is 29.3 Å². The summed E-state index contributed by atoms with van der Waals surface area (Å²) in [5.41, 5.74) is 0.128. The van der Waals surface area contributed by atoms with Crippen LogP contribution in [-0.4, -0.2) is 86.2 Å². The minimum atomic E-state index is -2.67. The van der Waals surface area contributed by atoms with Gasteiger partial charge in [0.05, 0.1) is 75.3 Å². The SMILES string of the molecule is [2H]c1nc([2H])c(-c2ccnc(Nc3cc(C(=O)Nc4c([2H])c(C)c([2H])c(-n5c([2H])cc(C)c5[2H])c4[2H])ccc3C([2H])([2H])[2H])n2)c([2H])c1[2H].[2H]c1nc([2H])c(-c2ccnc(Nc3cc(C(=O)Nc4c([2H])c(C)c([2H])c(-n5c([2H])nc(C)c5[2H])c4[2H])ccc3C([2H])([2H])[2H])n2)c([2H])c1[2H].[2H]c1nc([2H])c(-c2ccnc(Nc3cc(C(=O)Nc4c([2H])c(C)c([2H])c(-n5c([2H])nc(C)c5[2H])c4[2H])ccc3C)n2)c([2H])c1[2H]. The van der Waals surface area contributed by atoms with Crippen LogP contribution >= 0.6 is 0 Å². The maximum absolute atomic E-state index is 13.6. The number of anilines is 9. The maximum atomic E-state index is 13.6. The molecule has 6 N–H and O–H groups in total. The van der Waals surface area contributed by atoms with E-state index < -0.39 is 117 Å². The summed E-state index contributed by atoms with van der Waals surface area (Å²) in [7, 11) is 0. The van der Waals surface area contributed by atoms with Crippen LogP contribution in [0.2, 0.25) is 0 Å². The largest absolute Gasteiger partial charge is 0.324 e.